The molecule has 2 heterocycles. The van der Waals surface area contributed by atoms with Crippen molar-refractivity contribution >= 4 is 15.9 Å². The average molecular weight is 406 g/mol. The smallest absolute Gasteiger partial charge is 0.118 e. The van der Waals surface area contributed by atoms with E-state index in [1.807, 2.05) is 35.1 Å². The van der Waals surface area contributed by atoms with Crippen molar-refractivity contribution in [3.63, 3.8) is 0 Å². The molecule has 4 aromatic rings. The first-order chi connectivity index (χ1) is 12.7. The lowest BCUT2D eigenvalue weighted by Gasteiger charge is -2.06. The molecule has 0 amide bonds. The van der Waals surface area contributed by atoms with Crippen LogP contribution in [0.5, 0.6) is 5.75 Å². The van der Waals surface area contributed by atoms with Crippen LogP contribution < -0.4 is 4.74 Å². The molecule has 5 heteroatoms. The van der Waals surface area contributed by atoms with Crippen LogP contribution in [-0.4, -0.2) is 21.9 Å². The van der Waals surface area contributed by atoms with Gasteiger partial charge in [-0.15, -0.1) is 0 Å². The summed E-state index contributed by atoms with van der Waals surface area (Å²) in [6.07, 6.45) is 5.51. The Morgan fingerprint density at radius 1 is 0.808 bits per heavy atom. The molecule has 0 saturated carbocycles. The summed E-state index contributed by atoms with van der Waals surface area (Å²) >= 11 is 3.60. The molecule has 128 valence electrons. The highest BCUT2D eigenvalue weighted by molar-refractivity contribution is 9.10. The third-order valence-corrected chi connectivity index (χ3v) is 4.76. The van der Waals surface area contributed by atoms with Crippen LogP contribution in [0, 0.1) is 0 Å². The molecule has 0 bridgehead atoms. The fourth-order valence-corrected chi connectivity index (χ4v) is 3.28. The molecule has 0 saturated heterocycles. The molecule has 0 radical (unpaired) electrons. The Balaban J connectivity index is 1.63. The maximum atomic E-state index is 5.21. The minimum absolute atomic E-state index is 0.857. The van der Waals surface area contributed by atoms with Crippen molar-refractivity contribution in [1.29, 1.82) is 0 Å². The van der Waals surface area contributed by atoms with Crippen molar-refractivity contribution in [2.24, 2.45) is 0 Å². The van der Waals surface area contributed by atoms with Gasteiger partial charge in [0.15, 0.2) is 0 Å². The third-order valence-electron chi connectivity index (χ3n) is 4.18. The van der Waals surface area contributed by atoms with Crippen molar-refractivity contribution in [2.75, 3.05) is 7.11 Å². The molecule has 2 aromatic heterocycles. The van der Waals surface area contributed by atoms with E-state index in [-0.39, 0.29) is 0 Å². The van der Waals surface area contributed by atoms with Crippen molar-refractivity contribution in [3.05, 3.63) is 83.7 Å². The number of ether oxygens (including phenoxy) is 1. The van der Waals surface area contributed by atoms with Gasteiger partial charge in [0.05, 0.1) is 17.3 Å². The molecule has 4 rings (SSSR count). The number of rotatable bonds is 4. The Labute approximate surface area is 160 Å². The van der Waals surface area contributed by atoms with Crippen LogP contribution >= 0.6 is 15.9 Å². The zero-order valence-electron chi connectivity index (χ0n) is 14.1. The van der Waals surface area contributed by atoms with Gasteiger partial charge in [-0.25, -0.2) is 4.68 Å². The number of pyridine rings is 1. The number of halogens is 1. The maximum Gasteiger partial charge on any atom is 0.118 e. The molecule has 0 unspecified atom stereocenters. The maximum absolute atomic E-state index is 5.21. The van der Waals surface area contributed by atoms with E-state index in [2.05, 4.69) is 57.3 Å². The van der Waals surface area contributed by atoms with Gasteiger partial charge in [-0.2, -0.15) is 5.10 Å². The lowest BCUT2D eigenvalue weighted by atomic mass is 10.1. The molecule has 0 aliphatic heterocycles. The standard InChI is InChI=1S/C21H16BrN3O/c1-26-19-8-4-16(5-9-19)15-2-6-18(7-3-15)25-14-20(22)21(24-25)17-10-12-23-13-11-17/h2-14H,1H3. The lowest BCUT2D eigenvalue weighted by Crippen LogP contribution is -1.94. The molecule has 0 atom stereocenters. The van der Waals surface area contributed by atoms with Gasteiger partial charge in [0.2, 0.25) is 0 Å². The Hall–Kier alpha value is -2.92. The second-order valence-corrected chi connectivity index (χ2v) is 6.64. The summed E-state index contributed by atoms with van der Waals surface area (Å²) in [6.45, 7) is 0. The Bertz CT molecular complexity index is 1010. The highest BCUT2D eigenvalue weighted by atomic mass is 79.9. The van der Waals surface area contributed by atoms with E-state index >= 15 is 0 Å². The van der Waals surface area contributed by atoms with Crippen molar-refractivity contribution in [3.8, 4) is 33.8 Å². The van der Waals surface area contributed by atoms with Gasteiger partial charge in [-0.05, 0) is 63.5 Å². The summed E-state index contributed by atoms with van der Waals surface area (Å²) in [4.78, 5) is 4.06. The quantitative estimate of drug-likeness (QED) is 0.457. The van der Waals surface area contributed by atoms with Gasteiger partial charge in [0.25, 0.3) is 0 Å². The monoisotopic (exact) mass is 405 g/mol. The molecule has 26 heavy (non-hydrogen) atoms. The van der Waals surface area contributed by atoms with Gasteiger partial charge in [0, 0.05) is 24.2 Å². The van der Waals surface area contributed by atoms with Gasteiger partial charge >= 0.3 is 0 Å². The van der Waals surface area contributed by atoms with E-state index in [1.54, 1.807) is 19.5 Å². The highest BCUT2D eigenvalue weighted by Crippen LogP contribution is 2.28. The summed E-state index contributed by atoms with van der Waals surface area (Å²) in [5.74, 6) is 0.857. The van der Waals surface area contributed by atoms with Crippen LogP contribution in [0.1, 0.15) is 0 Å². The Kier molecular flexibility index (Phi) is 4.54. The SMILES string of the molecule is COc1ccc(-c2ccc(-n3cc(Br)c(-c4ccncc4)n3)cc2)cc1. The van der Waals surface area contributed by atoms with E-state index < -0.39 is 0 Å². The molecule has 0 N–H and O–H groups in total. The number of aromatic nitrogens is 3. The predicted molar refractivity (Wildman–Crippen MR) is 106 cm³/mol. The molecule has 0 aliphatic carbocycles. The van der Waals surface area contributed by atoms with Gasteiger partial charge in [0.1, 0.15) is 11.4 Å². The summed E-state index contributed by atoms with van der Waals surface area (Å²) in [5.41, 5.74) is 5.23. The van der Waals surface area contributed by atoms with E-state index in [0.717, 1.165) is 38.3 Å². The van der Waals surface area contributed by atoms with E-state index in [4.69, 9.17) is 9.84 Å². The second-order valence-electron chi connectivity index (χ2n) is 5.78. The van der Waals surface area contributed by atoms with Crippen LogP contribution in [0.4, 0.5) is 0 Å². The molecule has 0 spiro atoms. The minimum Gasteiger partial charge on any atom is -0.497 e. The predicted octanol–water partition coefficient (Wildman–Crippen LogP) is 5.37. The summed E-state index contributed by atoms with van der Waals surface area (Å²) in [7, 11) is 1.67. The number of hydrogen-bond donors (Lipinski definition) is 0. The topological polar surface area (TPSA) is 39.9 Å². The van der Waals surface area contributed by atoms with Crippen LogP contribution in [0.3, 0.4) is 0 Å². The molecule has 0 aliphatic rings. The fourth-order valence-electron chi connectivity index (χ4n) is 2.78. The molecular weight excluding hydrogens is 390 g/mol. The van der Waals surface area contributed by atoms with Gasteiger partial charge in [-0.3, -0.25) is 4.98 Å². The van der Waals surface area contributed by atoms with E-state index in [9.17, 15) is 0 Å². The minimum atomic E-state index is 0.857. The number of nitrogens with zero attached hydrogens (tertiary/aromatic N) is 3. The number of hydrogen-bond acceptors (Lipinski definition) is 3. The first-order valence-corrected chi connectivity index (χ1v) is 8.94. The molecule has 0 fully saturated rings. The van der Waals surface area contributed by atoms with Crippen LogP contribution in [-0.2, 0) is 0 Å². The molecule has 2 aromatic carbocycles. The van der Waals surface area contributed by atoms with Gasteiger partial charge in [-0.1, -0.05) is 24.3 Å². The van der Waals surface area contributed by atoms with E-state index in [0.29, 0.717) is 0 Å². The lowest BCUT2D eigenvalue weighted by molar-refractivity contribution is 0.415. The third kappa shape index (κ3) is 3.26. The van der Waals surface area contributed by atoms with Crippen molar-refractivity contribution in [2.45, 2.75) is 0 Å². The van der Waals surface area contributed by atoms with Crippen molar-refractivity contribution < 1.29 is 4.74 Å². The molecule has 4 nitrogen and oxygen atoms in total. The zero-order chi connectivity index (χ0) is 17.9. The van der Waals surface area contributed by atoms with Crippen LogP contribution in [0.25, 0.3) is 28.1 Å². The normalized spacial score (nSPS) is 10.7. The zero-order valence-corrected chi connectivity index (χ0v) is 15.7. The first kappa shape index (κ1) is 16.5. The van der Waals surface area contributed by atoms with Crippen molar-refractivity contribution in [1.82, 2.24) is 14.8 Å². The van der Waals surface area contributed by atoms with Crippen LogP contribution in [0.2, 0.25) is 0 Å². The number of methoxy groups -OCH3 is 1. The summed E-state index contributed by atoms with van der Waals surface area (Å²) < 4.78 is 8.03. The van der Waals surface area contributed by atoms with Crippen LogP contribution in [0.15, 0.2) is 83.7 Å². The fraction of sp³-hybridized carbons (Fsp3) is 0.0476. The summed E-state index contributed by atoms with van der Waals surface area (Å²) in [6, 6.07) is 20.3. The highest BCUT2D eigenvalue weighted by Gasteiger charge is 2.10. The second kappa shape index (κ2) is 7.14. The number of benzene rings is 2. The Morgan fingerprint density at radius 3 is 2.04 bits per heavy atom. The Morgan fingerprint density at radius 2 is 1.42 bits per heavy atom. The van der Waals surface area contributed by atoms with Gasteiger partial charge < -0.3 is 4.74 Å². The summed E-state index contributed by atoms with van der Waals surface area (Å²) in [5, 5.41) is 4.70. The first-order valence-electron chi connectivity index (χ1n) is 8.15. The largest absolute Gasteiger partial charge is 0.497 e. The average Bonchev–Trinajstić information content (AvgIpc) is 3.10. The van der Waals surface area contributed by atoms with E-state index in [1.165, 1.54) is 0 Å². The molecular formula is C21H16BrN3O.